The summed E-state index contributed by atoms with van der Waals surface area (Å²) in [6.45, 7) is 0. The molecule has 0 atom stereocenters. The SMILES string of the molecule is c1ccc2cc(N(c3ccc(-c4nc5ccc6c7ccccc7sc6c5c5ccccc45)cc3)c3ccc4ccccc4c3)ccc2c1. The number of pyridine rings is 1. The lowest BCUT2D eigenvalue weighted by molar-refractivity contribution is 1.29. The predicted molar refractivity (Wildman–Crippen MR) is 207 cm³/mol. The predicted octanol–water partition coefficient (Wildman–Crippen LogP) is 13.2. The normalized spacial score (nSPS) is 11.8. The molecule has 10 aromatic rings. The highest BCUT2D eigenvalue weighted by Crippen LogP contribution is 2.43. The number of hydrogen-bond acceptors (Lipinski definition) is 3. The van der Waals surface area contributed by atoms with Crippen molar-refractivity contribution >= 4 is 91.8 Å². The second-order valence-electron chi connectivity index (χ2n) is 12.4. The van der Waals surface area contributed by atoms with E-state index in [9.17, 15) is 0 Å². The van der Waals surface area contributed by atoms with E-state index in [4.69, 9.17) is 4.98 Å². The van der Waals surface area contributed by atoms with Crippen LogP contribution in [-0.4, -0.2) is 4.98 Å². The number of nitrogens with zero attached hydrogens (tertiary/aromatic N) is 2. The molecular formula is C45H28N2S. The van der Waals surface area contributed by atoms with Gasteiger partial charge in [-0.05, 0) is 75.5 Å². The maximum Gasteiger partial charge on any atom is 0.0788 e. The van der Waals surface area contributed by atoms with Crippen molar-refractivity contribution in [3.05, 3.63) is 170 Å². The molecule has 0 radical (unpaired) electrons. The molecule has 224 valence electrons. The minimum absolute atomic E-state index is 1.01. The Kier molecular flexibility index (Phi) is 6.08. The average molecular weight is 629 g/mol. The van der Waals surface area contributed by atoms with Crippen LogP contribution in [0.1, 0.15) is 0 Å². The monoisotopic (exact) mass is 628 g/mol. The average Bonchev–Trinajstić information content (AvgIpc) is 3.54. The molecule has 48 heavy (non-hydrogen) atoms. The molecule has 2 heterocycles. The molecule has 10 rings (SSSR count). The van der Waals surface area contributed by atoms with Gasteiger partial charge in [-0.2, -0.15) is 0 Å². The molecule has 0 saturated heterocycles. The molecule has 3 heteroatoms. The van der Waals surface area contributed by atoms with Crippen molar-refractivity contribution in [2.45, 2.75) is 0 Å². The zero-order valence-corrected chi connectivity index (χ0v) is 26.8. The Balaban J connectivity index is 1.14. The first-order chi connectivity index (χ1) is 23.8. The number of hydrogen-bond donors (Lipinski definition) is 0. The Hall–Kier alpha value is -6.03. The molecule has 0 N–H and O–H groups in total. The van der Waals surface area contributed by atoms with Gasteiger partial charge in [0, 0.05) is 53.6 Å². The summed E-state index contributed by atoms with van der Waals surface area (Å²) in [5.41, 5.74) is 6.48. The van der Waals surface area contributed by atoms with E-state index in [-0.39, 0.29) is 0 Å². The number of thiophene rings is 1. The molecule has 2 nitrogen and oxygen atoms in total. The number of fused-ring (bicyclic) bond motifs is 9. The molecule has 0 fully saturated rings. The minimum Gasteiger partial charge on any atom is -0.310 e. The van der Waals surface area contributed by atoms with E-state index in [2.05, 4.69) is 175 Å². The summed E-state index contributed by atoms with van der Waals surface area (Å²) in [5.74, 6) is 0. The summed E-state index contributed by atoms with van der Waals surface area (Å²) in [6, 6.07) is 61.3. The lowest BCUT2D eigenvalue weighted by Gasteiger charge is -2.26. The molecule has 0 amide bonds. The van der Waals surface area contributed by atoms with Crippen molar-refractivity contribution in [2.75, 3.05) is 4.90 Å². The Morgan fingerprint density at radius 2 is 0.979 bits per heavy atom. The van der Waals surface area contributed by atoms with Crippen LogP contribution >= 0.6 is 11.3 Å². The van der Waals surface area contributed by atoms with Gasteiger partial charge in [-0.3, -0.25) is 0 Å². The molecule has 8 aromatic carbocycles. The molecule has 0 aliphatic heterocycles. The number of rotatable bonds is 4. The summed E-state index contributed by atoms with van der Waals surface area (Å²) >= 11 is 1.86. The van der Waals surface area contributed by atoms with Crippen LogP contribution in [0.4, 0.5) is 17.1 Å². The fraction of sp³-hybridized carbons (Fsp3) is 0. The first-order valence-electron chi connectivity index (χ1n) is 16.3. The molecule has 0 saturated carbocycles. The minimum atomic E-state index is 1.01. The van der Waals surface area contributed by atoms with Crippen LogP contribution in [-0.2, 0) is 0 Å². The highest BCUT2D eigenvalue weighted by Gasteiger charge is 2.17. The van der Waals surface area contributed by atoms with E-state index in [0.29, 0.717) is 0 Å². The van der Waals surface area contributed by atoms with Crippen molar-refractivity contribution in [1.82, 2.24) is 4.98 Å². The smallest absolute Gasteiger partial charge is 0.0788 e. The molecule has 0 spiro atoms. The fourth-order valence-corrected chi connectivity index (χ4v) is 8.55. The first-order valence-corrected chi connectivity index (χ1v) is 17.1. The highest BCUT2D eigenvalue weighted by molar-refractivity contribution is 7.26. The quantitative estimate of drug-likeness (QED) is 0.180. The van der Waals surface area contributed by atoms with Crippen LogP contribution in [0, 0.1) is 0 Å². The number of benzene rings is 8. The molecule has 0 aliphatic carbocycles. The van der Waals surface area contributed by atoms with Crippen molar-refractivity contribution in [1.29, 1.82) is 0 Å². The van der Waals surface area contributed by atoms with Gasteiger partial charge in [0.2, 0.25) is 0 Å². The number of aromatic nitrogens is 1. The van der Waals surface area contributed by atoms with E-state index in [1.54, 1.807) is 0 Å². The summed E-state index contributed by atoms with van der Waals surface area (Å²) in [5, 5.41) is 11.2. The Labute approximate surface area is 281 Å². The lowest BCUT2D eigenvalue weighted by Crippen LogP contribution is -2.10. The van der Waals surface area contributed by atoms with Crippen LogP contribution in [0.5, 0.6) is 0 Å². The van der Waals surface area contributed by atoms with Gasteiger partial charge in [0.15, 0.2) is 0 Å². The van der Waals surface area contributed by atoms with E-state index in [1.807, 2.05) is 11.3 Å². The first kappa shape index (κ1) is 27.1. The van der Waals surface area contributed by atoms with Crippen LogP contribution < -0.4 is 4.90 Å². The van der Waals surface area contributed by atoms with E-state index in [0.717, 1.165) is 33.8 Å². The molecular weight excluding hydrogens is 601 g/mol. The van der Waals surface area contributed by atoms with Crippen LogP contribution in [0.15, 0.2) is 170 Å². The molecule has 0 aliphatic rings. The lowest BCUT2D eigenvalue weighted by atomic mass is 9.98. The van der Waals surface area contributed by atoms with E-state index >= 15 is 0 Å². The van der Waals surface area contributed by atoms with Crippen LogP contribution in [0.3, 0.4) is 0 Å². The third-order valence-corrected chi connectivity index (χ3v) is 10.8. The number of anilines is 3. The Morgan fingerprint density at radius 3 is 1.67 bits per heavy atom. The van der Waals surface area contributed by atoms with E-state index in [1.165, 1.54) is 57.9 Å². The summed E-state index contributed by atoms with van der Waals surface area (Å²) in [7, 11) is 0. The largest absolute Gasteiger partial charge is 0.310 e. The van der Waals surface area contributed by atoms with E-state index < -0.39 is 0 Å². The standard InChI is InChI=1S/C45H28N2S/c1-3-11-32-27-35(23-17-29(32)9-1)47(36-24-18-30-10-2-4-12-33(30)28-36)34-21-19-31(20-22-34)44-39-15-6-5-14-38(39)43-41(46-44)26-25-40-37-13-7-8-16-42(37)48-45(40)43/h1-28H. The van der Waals surface area contributed by atoms with Crippen molar-refractivity contribution < 1.29 is 0 Å². The van der Waals surface area contributed by atoms with Crippen LogP contribution in [0.25, 0.3) is 74.6 Å². The highest BCUT2D eigenvalue weighted by atomic mass is 32.1. The molecule has 2 aromatic heterocycles. The third-order valence-electron chi connectivity index (χ3n) is 9.59. The van der Waals surface area contributed by atoms with Gasteiger partial charge in [-0.1, -0.05) is 121 Å². The Bertz CT molecular complexity index is 2770. The van der Waals surface area contributed by atoms with Crippen LogP contribution in [0.2, 0.25) is 0 Å². The van der Waals surface area contributed by atoms with Gasteiger partial charge >= 0.3 is 0 Å². The van der Waals surface area contributed by atoms with Gasteiger partial charge in [0.05, 0.1) is 11.2 Å². The van der Waals surface area contributed by atoms with Gasteiger partial charge < -0.3 is 4.90 Å². The maximum atomic E-state index is 5.35. The summed E-state index contributed by atoms with van der Waals surface area (Å²) in [4.78, 5) is 7.70. The van der Waals surface area contributed by atoms with Gasteiger partial charge in [-0.15, -0.1) is 11.3 Å². The topological polar surface area (TPSA) is 16.1 Å². The van der Waals surface area contributed by atoms with Crippen molar-refractivity contribution in [3.63, 3.8) is 0 Å². The Morgan fingerprint density at radius 1 is 0.417 bits per heavy atom. The molecule has 0 unspecified atom stereocenters. The summed E-state index contributed by atoms with van der Waals surface area (Å²) in [6.07, 6.45) is 0. The fourth-order valence-electron chi connectivity index (χ4n) is 7.29. The zero-order valence-electron chi connectivity index (χ0n) is 26.0. The van der Waals surface area contributed by atoms with Crippen molar-refractivity contribution in [2.24, 2.45) is 0 Å². The van der Waals surface area contributed by atoms with Gasteiger partial charge in [0.25, 0.3) is 0 Å². The van der Waals surface area contributed by atoms with Gasteiger partial charge in [-0.25, -0.2) is 4.98 Å². The van der Waals surface area contributed by atoms with Gasteiger partial charge in [0.1, 0.15) is 0 Å². The second kappa shape index (κ2) is 10.8. The zero-order chi connectivity index (χ0) is 31.6. The van der Waals surface area contributed by atoms with Crippen molar-refractivity contribution in [3.8, 4) is 11.3 Å². The summed E-state index contributed by atoms with van der Waals surface area (Å²) < 4.78 is 2.62. The second-order valence-corrected chi connectivity index (χ2v) is 13.4. The maximum absolute atomic E-state index is 5.35. The molecule has 0 bridgehead atoms. The third kappa shape index (κ3) is 4.29.